The minimum absolute atomic E-state index is 0.0717. The van der Waals surface area contributed by atoms with Gasteiger partial charge >= 0.3 is 0 Å². The van der Waals surface area contributed by atoms with Crippen LogP contribution in [-0.2, 0) is 5.41 Å². The van der Waals surface area contributed by atoms with Crippen molar-refractivity contribution >= 4 is 39.7 Å². The Labute approximate surface area is 189 Å². The number of nitrogens with one attached hydrogen (secondary N) is 2. The summed E-state index contributed by atoms with van der Waals surface area (Å²) in [5.74, 6) is 1.34. The Balaban J connectivity index is 1.56. The van der Waals surface area contributed by atoms with E-state index in [4.69, 9.17) is 5.73 Å². The molecule has 0 fully saturated rings. The molecule has 0 unspecified atom stereocenters. The van der Waals surface area contributed by atoms with Gasteiger partial charge in [0.1, 0.15) is 18.0 Å². The van der Waals surface area contributed by atoms with Crippen LogP contribution in [0.1, 0.15) is 42.4 Å². The molecule has 0 saturated heterocycles. The summed E-state index contributed by atoms with van der Waals surface area (Å²) >= 11 is 1.42. The van der Waals surface area contributed by atoms with E-state index in [-0.39, 0.29) is 11.3 Å². The summed E-state index contributed by atoms with van der Waals surface area (Å²) in [7, 11) is 0. The van der Waals surface area contributed by atoms with E-state index >= 15 is 0 Å². The lowest BCUT2D eigenvalue weighted by atomic mass is 9.93. The highest BCUT2D eigenvalue weighted by Gasteiger charge is 2.19. The molecule has 0 atom stereocenters. The maximum absolute atomic E-state index is 12.8. The average Bonchev–Trinajstić information content (AvgIpc) is 3.39. The Morgan fingerprint density at radius 3 is 2.69 bits per heavy atom. The molecule has 0 radical (unpaired) electrons. The summed E-state index contributed by atoms with van der Waals surface area (Å²) in [5, 5.41) is 13.1. The Hall–Kier alpha value is -3.79. The lowest BCUT2D eigenvalue weighted by Crippen LogP contribution is -2.14. The first-order valence-corrected chi connectivity index (χ1v) is 10.9. The van der Waals surface area contributed by atoms with Gasteiger partial charge in [-0.15, -0.1) is 11.3 Å². The number of thiazole rings is 1. The first-order valence-electron chi connectivity index (χ1n) is 9.97. The predicted octanol–water partition coefficient (Wildman–Crippen LogP) is 4.30. The smallest absolute Gasteiger partial charge is 0.257 e. The van der Waals surface area contributed by atoms with Gasteiger partial charge in [-0.25, -0.2) is 15.0 Å². The molecule has 4 aromatic rings. The van der Waals surface area contributed by atoms with Crippen LogP contribution in [0.25, 0.3) is 5.82 Å². The third-order valence-corrected chi connectivity index (χ3v) is 5.55. The number of benzene rings is 1. The van der Waals surface area contributed by atoms with Crippen LogP contribution in [0.5, 0.6) is 0 Å². The van der Waals surface area contributed by atoms with Gasteiger partial charge in [0.2, 0.25) is 0 Å². The van der Waals surface area contributed by atoms with Gasteiger partial charge < -0.3 is 11.1 Å². The number of carbonyl (C=O) groups is 1. The summed E-state index contributed by atoms with van der Waals surface area (Å²) in [6.07, 6.45) is 3.04. The highest BCUT2D eigenvalue weighted by atomic mass is 32.1. The summed E-state index contributed by atoms with van der Waals surface area (Å²) in [5.41, 5.74) is 8.91. The minimum Gasteiger partial charge on any atom is -0.384 e. The molecule has 0 spiro atoms. The highest BCUT2D eigenvalue weighted by Crippen LogP contribution is 2.27. The second-order valence-corrected chi connectivity index (χ2v) is 9.18. The summed E-state index contributed by atoms with van der Waals surface area (Å²) in [6, 6.07) is 8.93. The molecule has 0 saturated carbocycles. The molecule has 164 valence electrons. The van der Waals surface area contributed by atoms with E-state index in [1.54, 1.807) is 29.1 Å². The third kappa shape index (κ3) is 4.59. The number of nitrogens with zero attached hydrogens (tertiary/aromatic N) is 5. The van der Waals surface area contributed by atoms with Crippen LogP contribution in [0.4, 0.5) is 22.5 Å². The molecule has 1 aromatic carbocycles. The molecule has 9 nitrogen and oxygen atoms in total. The van der Waals surface area contributed by atoms with Crippen molar-refractivity contribution in [3.8, 4) is 5.82 Å². The predicted molar refractivity (Wildman–Crippen MR) is 127 cm³/mol. The number of hydrogen-bond acceptors (Lipinski definition) is 8. The number of nitrogens with two attached hydrogens (primary N) is 1. The largest absolute Gasteiger partial charge is 0.384 e. The van der Waals surface area contributed by atoms with Gasteiger partial charge in [-0.2, -0.15) is 9.78 Å². The fraction of sp³-hybridized carbons (Fsp3) is 0.227. The average molecular weight is 449 g/mol. The van der Waals surface area contributed by atoms with Crippen molar-refractivity contribution in [3.63, 3.8) is 0 Å². The molecule has 0 bridgehead atoms. The van der Waals surface area contributed by atoms with Gasteiger partial charge in [-0.05, 0) is 24.6 Å². The maximum atomic E-state index is 12.8. The van der Waals surface area contributed by atoms with Gasteiger partial charge in [0.15, 0.2) is 10.9 Å². The van der Waals surface area contributed by atoms with Crippen molar-refractivity contribution in [2.24, 2.45) is 0 Å². The van der Waals surface area contributed by atoms with E-state index in [1.807, 2.05) is 24.4 Å². The van der Waals surface area contributed by atoms with Gasteiger partial charge in [0.25, 0.3) is 5.91 Å². The Morgan fingerprint density at radius 2 is 1.97 bits per heavy atom. The fourth-order valence-corrected chi connectivity index (χ4v) is 3.87. The normalized spacial score (nSPS) is 11.4. The van der Waals surface area contributed by atoms with E-state index in [0.29, 0.717) is 28.1 Å². The van der Waals surface area contributed by atoms with Crippen molar-refractivity contribution < 1.29 is 4.79 Å². The number of aryl methyl sites for hydroxylation is 1. The van der Waals surface area contributed by atoms with Crippen molar-refractivity contribution in [1.29, 1.82) is 0 Å². The zero-order valence-corrected chi connectivity index (χ0v) is 19.1. The van der Waals surface area contributed by atoms with Crippen LogP contribution in [0.3, 0.4) is 0 Å². The fourth-order valence-electron chi connectivity index (χ4n) is 2.94. The monoisotopic (exact) mass is 448 g/mol. The van der Waals surface area contributed by atoms with E-state index < -0.39 is 0 Å². The van der Waals surface area contributed by atoms with Gasteiger partial charge in [0, 0.05) is 34.2 Å². The third-order valence-electron chi connectivity index (χ3n) is 4.79. The second-order valence-electron chi connectivity index (χ2n) is 8.33. The lowest BCUT2D eigenvalue weighted by molar-refractivity contribution is 0.102. The zero-order valence-electron chi connectivity index (χ0n) is 18.2. The van der Waals surface area contributed by atoms with Crippen LogP contribution < -0.4 is 16.4 Å². The van der Waals surface area contributed by atoms with Crippen molar-refractivity contribution in [3.05, 3.63) is 65.1 Å². The number of anilines is 4. The van der Waals surface area contributed by atoms with Crippen LogP contribution in [0, 0.1) is 6.92 Å². The van der Waals surface area contributed by atoms with E-state index in [1.165, 1.54) is 17.7 Å². The SMILES string of the molecule is Cc1ccc(C(=O)Nc2nc(C(C)(C)C)cs2)cc1Nc1ccnn1-c1cc(N)ncn1. The second kappa shape index (κ2) is 8.39. The molecule has 32 heavy (non-hydrogen) atoms. The summed E-state index contributed by atoms with van der Waals surface area (Å²) in [6.45, 7) is 8.23. The first-order chi connectivity index (χ1) is 15.2. The van der Waals surface area contributed by atoms with Crippen LogP contribution in [0.15, 0.2) is 48.2 Å². The van der Waals surface area contributed by atoms with E-state index in [2.05, 4.69) is 51.5 Å². The molecule has 0 aliphatic rings. The molecule has 3 heterocycles. The number of rotatable bonds is 5. The van der Waals surface area contributed by atoms with Crippen molar-refractivity contribution in [2.75, 3.05) is 16.4 Å². The Kier molecular flexibility index (Phi) is 5.62. The minimum atomic E-state index is -0.222. The molecule has 0 aliphatic heterocycles. The van der Waals surface area contributed by atoms with Crippen LogP contribution in [-0.4, -0.2) is 30.6 Å². The van der Waals surface area contributed by atoms with E-state index in [0.717, 1.165) is 16.9 Å². The summed E-state index contributed by atoms with van der Waals surface area (Å²) < 4.78 is 1.62. The van der Waals surface area contributed by atoms with Crippen LogP contribution >= 0.6 is 11.3 Å². The lowest BCUT2D eigenvalue weighted by Gasteiger charge is -2.14. The maximum Gasteiger partial charge on any atom is 0.257 e. The number of nitrogen functional groups attached to an aromatic ring is 1. The molecule has 0 aliphatic carbocycles. The molecule has 10 heteroatoms. The number of carbonyl (C=O) groups excluding carboxylic acids is 1. The van der Waals surface area contributed by atoms with Gasteiger partial charge in [0.05, 0.1) is 11.9 Å². The molecule has 4 N–H and O–H groups in total. The Bertz CT molecular complexity index is 1270. The topological polar surface area (TPSA) is 124 Å². The molecular weight excluding hydrogens is 424 g/mol. The zero-order chi connectivity index (χ0) is 22.9. The van der Waals surface area contributed by atoms with Gasteiger partial charge in [-0.1, -0.05) is 26.8 Å². The van der Waals surface area contributed by atoms with E-state index in [9.17, 15) is 4.79 Å². The van der Waals surface area contributed by atoms with Crippen molar-refractivity contribution in [2.45, 2.75) is 33.1 Å². The standard InChI is InChI=1S/C22H24N8OS/c1-13-5-6-14(20(31)29-21-28-16(11-32-21)22(2,3)4)9-15(13)27-18-7-8-26-30(18)19-10-17(23)24-12-25-19/h5-12,27H,1-4H3,(H2,23,24,25)(H,28,29,31). The number of amides is 1. The van der Waals surface area contributed by atoms with Crippen molar-refractivity contribution in [1.82, 2.24) is 24.7 Å². The molecule has 4 rings (SSSR count). The first kappa shape index (κ1) is 21.4. The quantitative estimate of drug-likeness (QED) is 0.416. The molecule has 1 amide bonds. The number of hydrogen-bond donors (Lipinski definition) is 3. The highest BCUT2D eigenvalue weighted by molar-refractivity contribution is 7.14. The summed E-state index contributed by atoms with van der Waals surface area (Å²) in [4.78, 5) is 25.5. The van der Waals surface area contributed by atoms with Gasteiger partial charge in [-0.3, -0.25) is 10.1 Å². The molecular formula is C22H24N8OS. The Morgan fingerprint density at radius 1 is 1.16 bits per heavy atom. The van der Waals surface area contributed by atoms with Crippen LogP contribution in [0.2, 0.25) is 0 Å². The molecule has 3 aromatic heterocycles. The number of aromatic nitrogens is 5.